The van der Waals surface area contributed by atoms with Crippen LogP contribution in [-0.2, 0) is 0 Å². The Kier molecular flexibility index (Phi) is 3.39. The number of alkyl halides is 1. The molecule has 2 unspecified atom stereocenters. The standard InChI is InChI=1S/C11H14ClN3O/c1-8-2-3-15(10(8)4-12)11(16)9-5-13-7-14-6-9/h5-8,10H,2-4H2,1H3. The molecule has 0 aliphatic carbocycles. The number of likely N-dealkylation sites (tertiary alicyclic amines) is 1. The van der Waals surface area contributed by atoms with Crippen molar-refractivity contribution in [3.8, 4) is 0 Å². The van der Waals surface area contributed by atoms with E-state index in [2.05, 4.69) is 16.9 Å². The number of carbonyl (C=O) groups is 1. The second kappa shape index (κ2) is 4.78. The summed E-state index contributed by atoms with van der Waals surface area (Å²) in [6.07, 6.45) is 5.52. The fraction of sp³-hybridized carbons (Fsp3) is 0.545. The molecule has 0 N–H and O–H groups in total. The number of amides is 1. The molecule has 0 bridgehead atoms. The molecule has 86 valence electrons. The Bertz CT molecular complexity index is 371. The maximum Gasteiger partial charge on any atom is 0.257 e. The maximum absolute atomic E-state index is 12.1. The lowest BCUT2D eigenvalue weighted by Gasteiger charge is -2.24. The zero-order chi connectivity index (χ0) is 11.5. The van der Waals surface area contributed by atoms with Crippen LogP contribution >= 0.6 is 11.6 Å². The van der Waals surface area contributed by atoms with Crippen molar-refractivity contribution in [3.05, 3.63) is 24.3 Å². The Labute approximate surface area is 99.6 Å². The molecule has 0 radical (unpaired) electrons. The minimum atomic E-state index is -0.0180. The van der Waals surface area contributed by atoms with E-state index in [-0.39, 0.29) is 11.9 Å². The van der Waals surface area contributed by atoms with Crippen molar-refractivity contribution in [2.45, 2.75) is 19.4 Å². The number of hydrogen-bond acceptors (Lipinski definition) is 3. The van der Waals surface area contributed by atoms with Crippen molar-refractivity contribution in [3.63, 3.8) is 0 Å². The van der Waals surface area contributed by atoms with E-state index in [9.17, 15) is 4.79 Å². The van der Waals surface area contributed by atoms with Gasteiger partial charge in [0.05, 0.1) is 5.56 Å². The quantitative estimate of drug-likeness (QED) is 0.736. The van der Waals surface area contributed by atoms with E-state index >= 15 is 0 Å². The Morgan fingerprint density at radius 1 is 1.56 bits per heavy atom. The number of halogens is 1. The lowest BCUT2D eigenvalue weighted by molar-refractivity contribution is 0.0736. The molecule has 1 saturated heterocycles. The molecular weight excluding hydrogens is 226 g/mol. The third kappa shape index (κ3) is 2.02. The fourth-order valence-corrected chi connectivity index (χ4v) is 2.54. The molecule has 1 aromatic heterocycles. The first-order valence-electron chi connectivity index (χ1n) is 5.36. The molecule has 4 nitrogen and oxygen atoms in total. The first-order chi connectivity index (χ1) is 7.74. The van der Waals surface area contributed by atoms with Crippen LogP contribution in [0.5, 0.6) is 0 Å². The molecular formula is C11H14ClN3O. The minimum absolute atomic E-state index is 0.0180. The molecule has 1 aliphatic heterocycles. The second-order valence-corrected chi connectivity index (χ2v) is 4.42. The van der Waals surface area contributed by atoms with E-state index < -0.39 is 0 Å². The lowest BCUT2D eigenvalue weighted by atomic mass is 10.0. The third-order valence-corrected chi connectivity index (χ3v) is 3.43. The van der Waals surface area contributed by atoms with Gasteiger partial charge in [0.1, 0.15) is 6.33 Å². The first kappa shape index (κ1) is 11.3. The Morgan fingerprint density at radius 3 is 2.88 bits per heavy atom. The zero-order valence-electron chi connectivity index (χ0n) is 9.14. The van der Waals surface area contributed by atoms with Crippen molar-refractivity contribution < 1.29 is 4.79 Å². The Balaban J connectivity index is 2.17. The van der Waals surface area contributed by atoms with Crippen LogP contribution in [0.15, 0.2) is 18.7 Å². The van der Waals surface area contributed by atoms with Crippen molar-refractivity contribution in [1.29, 1.82) is 0 Å². The highest BCUT2D eigenvalue weighted by molar-refractivity contribution is 6.18. The van der Waals surface area contributed by atoms with Crippen LogP contribution in [0, 0.1) is 5.92 Å². The summed E-state index contributed by atoms with van der Waals surface area (Å²) < 4.78 is 0. The predicted molar refractivity (Wildman–Crippen MR) is 61.4 cm³/mol. The summed E-state index contributed by atoms with van der Waals surface area (Å²) in [5.74, 6) is 0.933. The monoisotopic (exact) mass is 239 g/mol. The van der Waals surface area contributed by atoms with Crippen molar-refractivity contribution >= 4 is 17.5 Å². The zero-order valence-corrected chi connectivity index (χ0v) is 9.89. The SMILES string of the molecule is CC1CCN(C(=O)c2cncnc2)C1CCl. The summed E-state index contributed by atoms with van der Waals surface area (Å²) in [5.41, 5.74) is 0.534. The van der Waals surface area contributed by atoms with E-state index in [1.165, 1.54) is 6.33 Å². The van der Waals surface area contributed by atoms with Gasteiger partial charge in [-0.05, 0) is 12.3 Å². The summed E-state index contributed by atoms with van der Waals surface area (Å²) in [6.45, 7) is 2.90. The highest BCUT2D eigenvalue weighted by Crippen LogP contribution is 2.26. The average Bonchev–Trinajstić information content (AvgIpc) is 2.70. The summed E-state index contributed by atoms with van der Waals surface area (Å²) >= 11 is 5.90. The van der Waals surface area contributed by atoms with Gasteiger partial charge in [0.2, 0.25) is 0 Å². The smallest absolute Gasteiger partial charge is 0.257 e. The van der Waals surface area contributed by atoms with E-state index in [0.717, 1.165) is 13.0 Å². The number of rotatable bonds is 2. The van der Waals surface area contributed by atoms with Gasteiger partial charge in [-0.1, -0.05) is 6.92 Å². The van der Waals surface area contributed by atoms with Crippen LogP contribution in [-0.4, -0.2) is 39.2 Å². The van der Waals surface area contributed by atoms with Crippen molar-refractivity contribution in [2.24, 2.45) is 5.92 Å². The molecule has 1 fully saturated rings. The topological polar surface area (TPSA) is 46.1 Å². The summed E-state index contributed by atoms with van der Waals surface area (Å²) in [4.78, 5) is 21.7. The van der Waals surface area contributed by atoms with Gasteiger partial charge in [-0.15, -0.1) is 11.6 Å². The van der Waals surface area contributed by atoms with Gasteiger partial charge < -0.3 is 4.90 Å². The molecule has 0 spiro atoms. The molecule has 2 rings (SSSR count). The van der Waals surface area contributed by atoms with Gasteiger partial charge in [0.25, 0.3) is 5.91 Å². The van der Waals surface area contributed by atoms with Gasteiger partial charge in [-0.2, -0.15) is 0 Å². The van der Waals surface area contributed by atoms with Crippen molar-refractivity contribution in [1.82, 2.24) is 14.9 Å². The fourth-order valence-electron chi connectivity index (χ4n) is 2.07. The number of carbonyl (C=O) groups excluding carboxylic acids is 1. The molecule has 0 aromatic carbocycles. The predicted octanol–water partition coefficient (Wildman–Crippen LogP) is 1.57. The molecule has 5 heteroatoms. The largest absolute Gasteiger partial charge is 0.334 e. The van der Waals surface area contributed by atoms with Gasteiger partial charge in [-0.3, -0.25) is 4.79 Å². The maximum atomic E-state index is 12.1. The van der Waals surface area contributed by atoms with Gasteiger partial charge in [0, 0.05) is 30.9 Å². The molecule has 1 aliphatic rings. The molecule has 1 amide bonds. The van der Waals surface area contributed by atoms with Crippen LogP contribution in [0.4, 0.5) is 0 Å². The average molecular weight is 240 g/mol. The number of aromatic nitrogens is 2. The molecule has 2 heterocycles. The van der Waals surface area contributed by atoms with Gasteiger partial charge in [0.15, 0.2) is 0 Å². The van der Waals surface area contributed by atoms with Crippen LogP contribution in [0.2, 0.25) is 0 Å². The van der Waals surface area contributed by atoms with Crippen LogP contribution in [0.1, 0.15) is 23.7 Å². The number of nitrogens with zero attached hydrogens (tertiary/aromatic N) is 3. The van der Waals surface area contributed by atoms with Crippen LogP contribution in [0.3, 0.4) is 0 Å². The van der Waals surface area contributed by atoms with E-state index in [0.29, 0.717) is 17.4 Å². The summed E-state index contributed by atoms with van der Waals surface area (Å²) in [5, 5.41) is 0. The van der Waals surface area contributed by atoms with Crippen LogP contribution < -0.4 is 0 Å². The normalized spacial score (nSPS) is 24.8. The molecule has 16 heavy (non-hydrogen) atoms. The van der Waals surface area contributed by atoms with Crippen LogP contribution in [0.25, 0.3) is 0 Å². The van der Waals surface area contributed by atoms with E-state index in [1.54, 1.807) is 12.4 Å². The highest BCUT2D eigenvalue weighted by Gasteiger charge is 2.34. The summed E-state index contributed by atoms with van der Waals surface area (Å²) in [6, 6.07) is 0.134. The number of hydrogen-bond donors (Lipinski definition) is 0. The Morgan fingerprint density at radius 2 is 2.25 bits per heavy atom. The van der Waals surface area contributed by atoms with E-state index in [4.69, 9.17) is 11.6 Å². The van der Waals surface area contributed by atoms with Gasteiger partial charge in [-0.25, -0.2) is 9.97 Å². The van der Waals surface area contributed by atoms with E-state index in [1.807, 2.05) is 4.90 Å². The summed E-state index contributed by atoms with van der Waals surface area (Å²) in [7, 11) is 0. The highest BCUT2D eigenvalue weighted by atomic mass is 35.5. The third-order valence-electron chi connectivity index (χ3n) is 3.11. The molecule has 0 saturated carbocycles. The molecule has 1 aromatic rings. The minimum Gasteiger partial charge on any atom is -0.334 e. The second-order valence-electron chi connectivity index (χ2n) is 4.11. The Hall–Kier alpha value is -1.16. The van der Waals surface area contributed by atoms with Crippen molar-refractivity contribution in [2.75, 3.05) is 12.4 Å². The molecule has 2 atom stereocenters. The lowest BCUT2D eigenvalue weighted by Crippen LogP contribution is -2.38. The first-order valence-corrected chi connectivity index (χ1v) is 5.89. The van der Waals surface area contributed by atoms with Gasteiger partial charge >= 0.3 is 0 Å².